The average molecular weight is 322 g/mol. The van der Waals surface area contributed by atoms with Gasteiger partial charge in [0.25, 0.3) is 0 Å². The number of hydrogen-bond donors (Lipinski definition) is 0. The summed E-state index contributed by atoms with van der Waals surface area (Å²) in [6.45, 7) is 8.04. The first kappa shape index (κ1) is 19.1. The highest BCUT2D eigenvalue weighted by atomic mass is 16.6. The van der Waals surface area contributed by atoms with Crippen molar-refractivity contribution in [3.8, 4) is 0 Å². The third kappa shape index (κ3) is 7.90. The second kappa shape index (κ2) is 10.7. The van der Waals surface area contributed by atoms with Gasteiger partial charge in [0.2, 0.25) is 0 Å². The van der Waals surface area contributed by atoms with Gasteiger partial charge in [0, 0.05) is 12.2 Å². The fraction of sp³-hybridized carbons (Fsp3) is 0.143. The van der Waals surface area contributed by atoms with Crippen molar-refractivity contribution in [3.63, 3.8) is 0 Å². The molecule has 0 aliphatic carbocycles. The summed E-state index contributed by atoms with van der Waals surface area (Å²) in [5, 5.41) is 0. The minimum absolute atomic E-state index is 0.579. The summed E-state index contributed by atoms with van der Waals surface area (Å²) in [6, 6.07) is 20.5. The van der Waals surface area contributed by atoms with Crippen LogP contribution in [-0.2, 0) is 14.3 Å². The first-order valence-corrected chi connectivity index (χ1v) is 7.69. The van der Waals surface area contributed by atoms with Crippen LogP contribution in [0.5, 0.6) is 0 Å². The van der Waals surface area contributed by atoms with Crippen LogP contribution in [0.25, 0.3) is 6.08 Å². The number of benzene rings is 2. The van der Waals surface area contributed by atoms with Crippen molar-refractivity contribution in [2.24, 2.45) is 0 Å². The van der Waals surface area contributed by atoms with Crippen LogP contribution < -0.4 is 0 Å². The van der Waals surface area contributed by atoms with Crippen LogP contribution in [0.1, 0.15) is 30.9 Å². The number of rotatable bonds is 2. The lowest BCUT2D eigenvalue weighted by Crippen LogP contribution is -1.96. The smallest absolute Gasteiger partial charge is 0.338 e. The number of cyclic esters (lactones) is 2. The molecule has 3 nitrogen and oxygen atoms in total. The molecule has 0 fully saturated rings. The van der Waals surface area contributed by atoms with Gasteiger partial charge in [0.05, 0.1) is 0 Å². The van der Waals surface area contributed by atoms with Crippen molar-refractivity contribution in [3.05, 3.63) is 90.5 Å². The van der Waals surface area contributed by atoms with E-state index in [0.717, 1.165) is 12.2 Å². The highest BCUT2D eigenvalue weighted by Gasteiger charge is 2.10. The lowest BCUT2D eigenvalue weighted by atomic mass is 10.0. The molecule has 2 aromatic rings. The maximum absolute atomic E-state index is 9.92. The zero-order chi connectivity index (χ0) is 17.8. The topological polar surface area (TPSA) is 43.4 Å². The molecule has 0 aromatic heterocycles. The number of hydrogen-bond acceptors (Lipinski definition) is 3. The fourth-order valence-electron chi connectivity index (χ4n) is 1.73. The van der Waals surface area contributed by atoms with E-state index < -0.39 is 11.9 Å². The van der Waals surface area contributed by atoms with E-state index in [2.05, 4.69) is 49.4 Å². The molecular weight excluding hydrogens is 300 g/mol. The van der Waals surface area contributed by atoms with Crippen molar-refractivity contribution in [1.82, 2.24) is 0 Å². The second-order valence-corrected chi connectivity index (χ2v) is 5.25. The standard InChI is InChI=1S/C9H12.C8H8.C4H2O3/c1-8(2)9-6-4-3-5-7-9;1-2-8-6-4-3-5-7-8;5-3-1-2-4(6)7-3/h3-8H,1-2H3;2-7H,1H2;1-2H. The summed E-state index contributed by atoms with van der Waals surface area (Å²) < 4.78 is 3.97. The minimum Gasteiger partial charge on any atom is -0.387 e. The van der Waals surface area contributed by atoms with Crippen molar-refractivity contribution in [1.29, 1.82) is 0 Å². The van der Waals surface area contributed by atoms with Crippen LogP contribution in [0.3, 0.4) is 0 Å². The van der Waals surface area contributed by atoms with E-state index in [4.69, 9.17) is 0 Å². The van der Waals surface area contributed by atoms with E-state index in [1.165, 1.54) is 11.1 Å². The van der Waals surface area contributed by atoms with E-state index in [9.17, 15) is 9.59 Å². The Morgan fingerprint density at radius 1 is 0.833 bits per heavy atom. The van der Waals surface area contributed by atoms with Crippen molar-refractivity contribution < 1.29 is 14.3 Å². The lowest BCUT2D eigenvalue weighted by Gasteiger charge is -2.01. The summed E-state index contributed by atoms with van der Waals surface area (Å²) in [5.41, 5.74) is 2.59. The van der Waals surface area contributed by atoms with Gasteiger partial charge in [-0.15, -0.1) is 0 Å². The summed E-state index contributed by atoms with van der Waals surface area (Å²) in [4.78, 5) is 19.8. The van der Waals surface area contributed by atoms with Crippen LogP contribution in [0.15, 0.2) is 79.4 Å². The van der Waals surface area contributed by atoms with Gasteiger partial charge in [0.15, 0.2) is 0 Å². The first-order chi connectivity index (χ1) is 11.5. The molecule has 3 rings (SSSR count). The third-order valence-corrected chi connectivity index (χ3v) is 3.06. The van der Waals surface area contributed by atoms with Crippen LogP contribution in [-0.4, -0.2) is 11.9 Å². The molecule has 0 atom stereocenters. The van der Waals surface area contributed by atoms with Gasteiger partial charge in [-0.25, -0.2) is 9.59 Å². The summed E-state index contributed by atoms with van der Waals surface area (Å²) in [6.07, 6.45) is 4.00. The highest BCUT2D eigenvalue weighted by Crippen LogP contribution is 2.11. The summed E-state index contributed by atoms with van der Waals surface area (Å²) in [7, 11) is 0. The van der Waals surface area contributed by atoms with Gasteiger partial charge in [0.1, 0.15) is 0 Å². The van der Waals surface area contributed by atoms with E-state index in [1.807, 2.05) is 42.5 Å². The largest absolute Gasteiger partial charge is 0.387 e. The van der Waals surface area contributed by atoms with Gasteiger partial charge in [-0.2, -0.15) is 0 Å². The van der Waals surface area contributed by atoms with Gasteiger partial charge in [-0.1, -0.05) is 87.2 Å². The zero-order valence-corrected chi connectivity index (χ0v) is 14.0. The van der Waals surface area contributed by atoms with E-state index in [-0.39, 0.29) is 0 Å². The Morgan fingerprint density at radius 2 is 1.29 bits per heavy atom. The summed E-state index contributed by atoms with van der Waals surface area (Å²) in [5.74, 6) is -0.499. The molecule has 0 saturated carbocycles. The molecule has 0 spiro atoms. The molecule has 0 amide bonds. The first-order valence-electron chi connectivity index (χ1n) is 7.69. The Bertz CT molecular complexity index is 655. The number of ether oxygens (including phenoxy) is 1. The third-order valence-electron chi connectivity index (χ3n) is 3.06. The molecule has 1 heterocycles. The predicted octanol–water partition coefficient (Wildman–Crippen LogP) is 4.77. The van der Waals surface area contributed by atoms with Gasteiger partial charge in [-0.05, 0) is 17.0 Å². The summed E-state index contributed by atoms with van der Waals surface area (Å²) >= 11 is 0. The van der Waals surface area contributed by atoms with E-state index >= 15 is 0 Å². The maximum Gasteiger partial charge on any atom is 0.338 e. The number of carbonyl (C=O) groups excluding carboxylic acids is 2. The number of esters is 2. The molecule has 1 aliphatic heterocycles. The Kier molecular flexibility index (Phi) is 8.54. The van der Waals surface area contributed by atoms with Gasteiger partial charge < -0.3 is 4.74 Å². The minimum atomic E-state index is -0.579. The van der Waals surface area contributed by atoms with Crippen LogP contribution in [0.4, 0.5) is 0 Å². The van der Waals surface area contributed by atoms with Gasteiger partial charge in [-0.3, -0.25) is 0 Å². The van der Waals surface area contributed by atoms with Crippen LogP contribution in [0.2, 0.25) is 0 Å². The molecule has 3 heteroatoms. The molecular formula is C21H22O3. The zero-order valence-electron chi connectivity index (χ0n) is 14.0. The van der Waals surface area contributed by atoms with E-state index in [1.54, 1.807) is 0 Å². The fourth-order valence-corrected chi connectivity index (χ4v) is 1.73. The molecule has 1 aliphatic rings. The quantitative estimate of drug-likeness (QED) is 0.591. The SMILES string of the molecule is C=Cc1ccccc1.CC(C)c1ccccc1.O=C1C=CC(=O)O1. The molecule has 2 aromatic carbocycles. The normalized spacial score (nSPS) is 11.8. The lowest BCUT2D eigenvalue weighted by molar-refractivity contribution is -0.150. The molecule has 0 saturated heterocycles. The maximum atomic E-state index is 9.92. The monoisotopic (exact) mass is 322 g/mol. The molecule has 24 heavy (non-hydrogen) atoms. The molecule has 0 N–H and O–H groups in total. The molecule has 0 bridgehead atoms. The predicted molar refractivity (Wildman–Crippen MR) is 97.3 cm³/mol. The van der Waals surface area contributed by atoms with E-state index in [0.29, 0.717) is 5.92 Å². The molecule has 124 valence electrons. The molecule has 0 unspecified atom stereocenters. The average Bonchev–Trinajstić information content (AvgIpc) is 3.00. The van der Waals surface area contributed by atoms with Crippen molar-refractivity contribution >= 4 is 18.0 Å². The second-order valence-electron chi connectivity index (χ2n) is 5.25. The van der Waals surface area contributed by atoms with Crippen LogP contribution >= 0.6 is 0 Å². The Morgan fingerprint density at radius 3 is 1.54 bits per heavy atom. The number of carbonyl (C=O) groups is 2. The van der Waals surface area contributed by atoms with Crippen LogP contribution in [0, 0.1) is 0 Å². The highest BCUT2D eigenvalue weighted by molar-refractivity contribution is 6.04. The molecule has 0 radical (unpaired) electrons. The van der Waals surface area contributed by atoms with Crippen molar-refractivity contribution in [2.75, 3.05) is 0 Å². The Labute approximate surface area is 143 Å². The van der Waals surface area contributed by atoms with Gasteiger partial charge >= 0.3 is 11.9 Å². The Balaban J connectivity index is 0.000000181. The van der Waals surface area contributed by atoms with Crippen molar-refractivity contribution in [2.45, 2.75) is 19.8 Å². The Hall–Kier alpha value is -2.94.